The van der Waals surface area contributed by atoms with Crippen LogP contribution in [-0.4, -0.2) is 49.5 Å². The van der Waals surface area contributed by atoms with E-state index in [0.717, 1.165) is 32.6 Å². The molecule has 1 aliphatic rings. The Hall–Kier alpha value is -0.120. The summed E-state index contributed by atoms with van der Waals surface area (Å²) in [5, 5.41) is 8.61. The molecule has 3 nitrogen and oxygen atoms in total. The highest BCUT2D eigenvalue weighted by atomic mass is 16.5. The predicted octanol–water partition coefficient (Wildman–Crippen LogP) is 0.870. The number of hydrogen-bond donors (Lipinski definition) is 1. The zero-order valence-corrected chi connectivity index (χ0v) is 8.54. The van der Waals surface area contributed by atoms with Crippen molar-refractivity contribution < 1.29 is 9.84 Å². The summed E-state index contributed by atoms with van der Waals surface area (Å²) in [6, 6.07) is 0.633. The highest BCUT2D eigenvalue weighted by molar-refractivity contribution is 4.72. The van der Waals surface area contributed by atoms with Crippen LogP contribution in [0.4, 0.5) is 0 Å². The topological polar surface area (TPSA) is 32.7 Å². The lowest BCUT2D eigenvalue weighted by Crippen LogP contribution is -2.32. The van der Waals surface area contributed by atoms with Crippen LogP contribution in [0.2, 0.25) is 0 Å². The Labute approximate surface area is 80.7 Å². The molecule has 0 radical (unpaired) electrons. The van der Waals surface area contributed by atoms with E-state index < -0.39 is 0 Å². The third-order valence-corrected chi connectivity index (χ3v) is 2.70. The fourth-order valence-corrected chi connectivity index (χ4v) is 1.70. The highest BCUT2D eigenvalue weighted by Crippen LogP contribution is 2.11. The number of unbranched alkanes of at least 4 members (excludes halogenated alkanes) is 2. The maximum absolute atomic E-state index is 8.61. The van der Waals surface area contributed by atoms with Gasteiger partial charge in [-0.3, -0.25) is 0 Å². The largest absolute Gasteiger partial charge is 0.396 e. The highest BCUT2D eigenvalue weighted by Gasteiger charge is 2.19. The molecule has 1 unspecified atom stereocenters. The smallest absolute Gasteiger partial charge is 0.0622 e. The van der Waals surface area contributed by atoms with E-state index in [0.29, 0.717) is 12.6 Å². The Morgan fingerprint density at radius 3 is 2.85 bits per heavy atom. The van der Waals surface area contributed by atoms with Gasteiger partial charge >= 0.3 is 0 Å². The standard InChI is InChI=1S/C10H21NO2/c1-11(6-3-2-4-7-12)10-5-8-13-9-10/h10,12H,2-9H2,1H3. The molecule has 1 fully saturated rings. The van der Waals surface area contributed by atoms with Crippen molar-refractivity contribution in [1.29, 1.82) is 0 Å². The second-order valence-electron chi connectivity index (χ2n) is 3.78. The molecule has 0 aromatic carbocycles. The fourth-order valence-electron chi connectivity index (χ4n) is 1.70. The summed E-state index contributed by atoms with van der Waals surface area (Å²) in [5.74, 6) is 0. The summed E-state index contributed by atoms with van der Waals surface area (Å²) in [7, 11) is 2.16. The van der Waals surface area contributed by atoms with Crippen molar-refractivity contribution in [3.8, 4) is 0 Å². The van der Waals surface area contributed by atoms with Gasteiger partial charge in [-0.05, 0) is 39.3 Å². The van der Waals surface area contributed by atoms with Gasteiger partial charge in [0.25, 0.3) is 0 Å². The van der Waals surface area contributed by atoms with Gasteiger partial charge in [-0.1, -0.05) is 0 Å². The van der Waals surface area contributed by atoms with Crippen LogP contribution in [0.25, 0.3) is 0 Å². The molecule has 0 aromatic heterocycles. The third kappa shape index (κ3) is 4.07. The zero-order valence-electron chi connectivity index (χ0n) is 8.54. The molecule has 0 saturated carbocycles. The van der Waals surface area contributed by atoms with Crippen molar-refractivity contribution in [2.24, 2.45) is 0 Å². The SMILES string of the molecule is CN(CCCCCO)C1CCOC1. The Bertz CT molecular complexity index is 124. The van der Waals surface area contributed by atoms with Gasteiger partial charge in [0.15, 0.2) is 0 Å². The van der Waals surface area contributed by atoms with Crippen molar-refractivity contribution in [2.45, 2.75) is 31.7 Å². The summed E-state index contributed by atoms with van der Waals surface area (Å²) in [5.41, 5.74) is 0. The van der Waals surface area contributed by atoms with Gasteiger partial charge in [0.05, 0.1) is 6.61 Å². The van der Waals surface area contributed by atoms with Crippen LogP contribution in [0, 0.1) is 0 Å². The van der Waals surface area contributed by atoms with Gasteiger partial charge in [0.1, 0.15) is 0 Å². The van der Waals surface area contributed by atoms with E-state index in [-0.39, 0.29) is 0 Å². The molecule has 0 aromatic rings. The molecule has 0 spiro atoms. The summed E-state index contributed by atoms with van der Waals surface area (Å²) in [6.07, 6.45) is 4.44. The number of aliphatic hydroxyl groups is 1. The first kappa shape index (κ1) is 11.0. The fraction of sp³-hybridized carbons (Fsp3) is 1.00. The first-order valence-corrected chi connectivity index (χ1v) is 5.23. The van der Waals surface area contributed by atoms with Crippen molar-refractivity contribution in [1.82, 2.24) is 4.90 Å². The molecule has 78 valence electrons. The van der Waals surface area contributed by atoms with Crippen molar-refractivity contribution in [3.05, 3.63) is 0 Å². The van der Waals surface area contributed by atoms with Gasteiger partial charge in [0.2, 0.25) is 0 Å². The minimum Gasteiger partial charge on any atom is -0.396 e. The molecular formula is C10H21NO2. The van der Waals surface area contributed by atoms with Crippen LogP contribution in [0.1, 0.15) is 25.7 Å². The number of rotatable bonds is 6. The molecule has 1 atom stereocenters. The first-order chi connectivity index (χ1) is 6.34. The van der Waals surface area contributed by atoms with Gasteiger partial charge < -0.3 is 14.7 Å². The number of likely N-dealkylation sites (N-methyl/N-ethyl adjacent to an activating group) is 1. The Kier molecular flexibility index (Phi) is 5.35. The van der Waals surface area contributed by atoms with Crippen LogP contribution < -0.4 is 0 Å². The normalized spacial score (nSPS) is 22.8. The van der Waals surface area contributed by atoms with E-state index in [4.69, 9.17) is 9.84 Å². The zero-order chi connectivity index (χ0) is 9.52. The number of hydrogen-bond acceptors (Lipinski definition) is 3. The number of aliphatic hydroxyl groups excluding tert-OH is 1. The molecule has 0 bridgehead atoms. The van der Waals surface area contributed by atoms with Crippen LogP contribution in [0.3, 0.4) is 0 Å². The quantitative estimate of drug-likeness (QED) is 0.626. The van der Waals surface area contributed by atoms with E-state index in [1.807, 2.05) is 0 Å². The van der Waals surface area contributed by atoms with Crippen LogP contribution >= 0.6 is 0 Å². The molecule has 1 heterocycles. The minimum absolute atomic E-state index is 0.330. The van der Waals surface area contributed by atoms with Crippen LogP contribution in [-0.2, 0) is 4.74 Å². The maximum Gasteiger partial charge on any atom is 0.0622 e. The van der Waals surface area contributed by atoms with Gasteiger partial charge in [-0.2, -0.15) is 0 Å². The predicted molar refractivity (Wildman–Crippen MR) is 52.8 cm³/mol. The monoisotopic (exact) mass is 187 g/mol. The third-order valence-electron chi connectivity index (χ3n) is 2.70. The molecule has 0 aliphatic carbocycles. The van der Waals surface area contributed by atoms with E-state index in [1.54, 1.807) is 0 Å². The average molecular weight is 187 g/mol. The molecule has 0 amide bonds. The minimum atomic E-state index is 0.330. The van der Waals surface area contributed by atoms with Gasteiger partial charge in [-0.25, -0.2) is 0 Å². The lowest BCUT2D eigenvalue weighted by Gasteiger charge is -2.22. The van der Waals surface area contributed by atoms with E-state index in [1.165, 1.54) is 12.8 Å². The van der Waals surface area contributed by atoms with E-state index in [2.05, 4.69) is 11.9 Å². The first-order valence-electron chi connectivity index (χ1n) is 5.23. The molecule has 1 saturated heterocycles. The molecular weight excluding hydrogens is 166 g/mol. The lowest BCUT2D eigenvalue weighted by atomic mass is 10.2. The van der Waals surface area contributed by atoms with Crippen molar-refractivity contribution in [2.75, 3.05) is 33.4 Å². The summed E-state index contributed by atoms with van der Waals surface area (Å²) in [4.78, 5) is 2.38. The Morgan fingerprint density at radius 2 is 2.23 bits per heavy atom. The molecule has 3 heteroatoms. The number of ether oxygens (including phenoxy) is 1. The Balaban J connectivity index is 1.99. The van der Waals surface area contributed by atoms with E-state index in [9.17, 15) is 0 Å². The molecule has 1 rings (SSSR count). The van der Waals surface area contributed by atoms with Gasteiger partial charge in [-0.15, -0.1) is 0 Å². The van der Waals surface area contributed by atoms with Crippen LogP contribution in [0.5, 0.6) is 0 Å². The second kappa shape index (κ2) is 6.35. The summed E-state index contributed by atoms with van der Waals surface area (Å²) >= 11 is 0. The summed E-state index contributed by atoms with van der Waals surface area (Å²) < 4.78 is 5.32. The second-order valence-corrected chi connectivity index (χ2v) is 3.78. The molecule has 1 N–H and O–H groups in total. The molecule has 13 heavy (non-hydrogen) atoms. The van der Waals surface area contributed by atoms with Crippen molar-refractivity contribution >= 4 is 0 Å². The van der Waals surface area contributed by atoms with E-state index >= 15 is 0 Å². The maximum atomic E-state index is 8.61. The Morgan fingerprint density at radius 1 is 1.38 bits per heavy atom. The molecule has 1 aliphatic heterocycles. The lowest BCUT2D eigenvalue weighted by molar-refractivity contribution is 0.157. The number of nitrogens with zero attached hydrogens (tertiary/aromatic N) is 1. The summed E-state index contributed by atoms with van der Waals surface area (Å²) in [6.45, 7) is 3.28. The van der Waals surface area contributed by atoms with Crippen LogP contribution in [0.15, 0.2) is 0 Å². The van der Waals surface area contributed by atoms with Gasteiger partial charge in [0, 0.05) is 19.3 Å². The van der Waals surface area contributed by atoms with Crippen molar-refractivity contribution in [3.63, 3.8) is 0 Å². The average Bonchev–Trinajstić information content (AvgIpc) is 2.65.